The minimum Gasteiger partial charge on any atom is -0.375 e. The van der Waals surface area contributed by atoms with Gasteiger partial charge in [0.1, 0.15) is 0 Å². The molecule has 2 rings (SSSR count). The second-order valence-corrected chi connectivity index (χ2v) is 5.83. The molecule has 0 bridgehead atoms. The third kappa shape index (κ3) is 4.27. The zero-order valence-electron chi connectivity index (χ0n) is 10.8. The van der Waals surface area contributed by atoms with E-state index in [0.29, 0.717) is 13.2 Å². The van der Waals surface area contributed by atoms with Gasteiger partial charge in [0.05, 0.1) is 13.2 Å². The first kappa shape index (κ1) is 13.9. The number of hydrogen-bond acceptors (Lipinski definition) is 2. The monoisotopic (exact) mass is 267 g/mol. The SMILES string of the molecule is NC1(COCc2ccc(Cl)cc2)CCCCCC1. The Morgan fingerprint density at radius 3 is 2.28 bits per heavy atom. The van der Waals surface area contributed by atoms with Crippen molar-refractivity contribution in [1.29, 1.82) is 0 Å². The lowest BCUT2D eigenvalue weighted by molar-refractivity contribution is 0.0667. The number of hydrogen-bond donors (Lipinski definition) is 1. The van der Waals surface area contributed by atoms with Crippen LogP contribution >= 0.6 is 11.6 Å². The molecule has 2 nitrogen and oxygen atoms in total. The van der Waals surface area contributed by atoms with E-state index in [1.54, 1.807) is 0 Å². The lowest BCUT2D eigenvalue weighted by atomic mass is 9.93. The van der Waals surface area contributed by atoms with Crippen LogP contribution < -0.4 is 5.73 Å². The normalized spacial score (nSPS) is 19.4. The molecule has 0 atom stereocenters. The van der Waals surface area contributed by atoms with Gasteiger partial charge in [-0.1, -0.05) is 49.4 Å². The van der Waals surface area contributed by atoms with Crippen molar-refractivity contribution in [3.05, 3.63) is 34.9 Å². The summed E-state index contributed by atoms with van der Waals surface area (Å²) in [5.74, 6) is 0. The first-order valence-electron chi connectivity index (χ1n) is 6.79. The summed E-state index contributed by atoms with van der Waals surface area (Å²) in [6.07, 6.45) is 7.29. The van der Waals surface area contributed by atoms with Gasteiger partial charge < -0.3 is 10.5 Å². The molecular formula is C15H22ClNO. The molecule has 1 aromatic carbocycles. The van der Waals surface area contributed by atoms with E-state index in [4.69, 9.17) is 22.1 Å². The van der Waals surface area contributed by atoms with Crippen molar-refractivity contribution in [1.82, 2.24) is 0 Å². The van der Waals surface area contributed by atoms with Crippen LogP contribution in [0.3, 0.4) is 0 Å². The number of nitrogens with two attached hydrogens (primary N) is 1. The van der Waals surface area contributed by atoms with E-state index >= 15 is 0 Å². The largest absolute Gasteiger partial charge is 0.375 e. The van der Waals surface area contributed by atoms with Gasteiger partial charge in [-0.15, -0.1) is 0 Å². The van der Waals surface area contributed by atoms with Gasteiger partial charge in [0, 0.05) is 10.6 Å². The molecule has 2 N–H and O–H groups in total. The molecule has 1 saturated carbocycles. The Bertz CT molecular complexity index is 355. The Morgan fingerprint density at radius 1 is 1.06 bits per heavy atom. The van der Waals surface area contributed by atoms with Gasteiger partial charge in [-0.25, -0.2) is 0 Å². The summed E-state index contributed by atoms with van der Waals surface area (Å²) in [7, 11) is 0. The number of rotatable bonds is 4. The molecule has 0 saturated heterocycles. The summed E-state index contributed by atoms with van der Waals surface area (Å²) < 4.78 is 5.79. The fraction of sp³-hybridized carbons (Fsp3) is 0.600. The maximum Gasteiger partial charge on any atom is 0.0717 e. The summed E-state index contributed by atoms with van der Waals surface area (Å²) in [5, 5.41) is 0.762. The van der Waals surface area contributed by atoms with Crippen molar-refractivity contribution in [3.63, 3.8) is 0 Å². The molecule has 0 heterocycles. The molecule has 100 valence electrons. The minimum atomic E-state index is -0.108. The van der Waals surface area contributed by atoms with Crippen LogP contribution in [0, 0.1) is 0 Å². The van der Waals surface area contributed by atoms with E-state index < -0.39 is 0 Å². The maximum atomic E-state index is 6.40. The number of halogens is 1. The van der Waals surface area contributed by atoms with Crippen LogP contribution in [0.4, 0.5) is 0 Å². The first-order chi connectivity index (χ1) is 8.68. The van der Waals surface area contributed by atoms with Crippen LogP contribution in [0.2, 0.25) is 5.02 Å². The van der Waals surface area contributed by atoms with Crippen molar-refractivity contribution in [2.45, 2.75) is 50.7 Å². The third-order valence-electron chi connectivity index (χ3n) is 3.67. The average molecular weight is 268 g/mol. The first-order valence-corrected chi connectivity index (χ1v) is 7.17. The molecule has 1 aliphatic carbocycles. The van der Waals surface area contributed by atoms with Gasteiger partial charge >= 0.3 is 0 Å². The zero-order chi connectivity index (χ0) is 12.8. The average Bonchev–Trinajstić information content (AvgIpc) is 2.57. The zero-order valence-corrected chi connectivity index (χ0v) is 11.6. The van der Waals surface area contributed by atoms with Crippen LogP contribution in [0.1, 0.15) is 44.1 Å². The molecule has 0 unspecified atom stereocenters. The Morgan fingerprint density at radius 2 is 1.67 bits per heavy atom. The topological polar surface area (TPSA) is 35.2 Å². The minimum absolute atomic E-state index is 0.108. The van der Waals surface area contributed by atoms with Crippen LogP contribution in [0.5, 0.6) is 0 Å². The number of ether oxygens (including phenoxy) is 1. The quantitative estimate of drug-likeness (QED) is 0.840. The van der Waals surface area contributed by atoms with E-state index in [2.05, 4.69) is 0 Å². The predicted octanol–water partition coefficient (Wildman–Crippen LogP) is 3.91. The second kappa shape index (κ2) is 6.55. The van der Waals surface area contributed by atoms with E-state index in [-0.39, 0.29) is 5.54 Å². The second-order valence-electron chi connectivity index (χ2n) is 5.40. The van der Waals surface area contributed by atoms with Gasteiger partial charge in [-0.05, 0) is 30.5 Å². The fourth-order valence-corrected chi connectivity index (χ4v) is 2.66. The highest BCUT2D eigenvalue weighted by molar-refractivity contribution is 6.30. The molecule has 1 fully saturated rings. The van der Waals surface area contributed by atoms with Crippen molar-refractivity contribution in [2.24, 2.45) is 5.73 Å². The van der Waals surface area contributed by atoms with E-state index in [1.807, 2.05) is 24.3 Å². The van der Waals surface area contributed by atoms with Crippen molar-refractivity contribution < 1.29 is 4.74 Å². The molecule has 0 aromatic heterocycles. The van der Waals surface area contributed by atoms with Crippen LogP contribution in [0.15, 0.2) is 24.3 Å². The van der Waals surface area contributed by atoms with Gasteiger partial charge in [-0.3, -0.25) is 0 Å². The van der Waals surface area contributed by atoms with E-state index in [0.717, 1.165) is 23.4 Å². The predicted molar refractivity (Wildman–Crippen MR) is 75.7 cm³/mol. The van der Waals surface area contributed by atoms with Crippen LogP contribution in [-0.4, -0.2) is 12.1 Å². The summed E-state index contributed by atoms with van der Waals surface area (Å²) in [4.78, 5) is 0. The Labute approximate surface area is 114 Å². The van der Waals surface area contributed by atoms with E-state index in [1.165, 1.54) is 25.7 Å². The Hall–Kier alpha value is -0.570. The molecule has 0 radical (unpaired) electrons. The standard InChI is InChI=1S/C15H22ClNO/c16-14-7-5-13(6-8-14)11-18-12-15(17)9-3-1-2-4-10-15/h5-8H,1-4,9-12,17H2. The van der Waals surface area contributed by atoms with Crippen molar-refractivity contribution in [2.75, 3.05) is 6.61 Å². The molecule has 0 spiro atoms. The Kier molecular flexibility index (Phi) is 5.04. The maximum absolute atomic E-state index is 6.40. The highest BCUT2D eigenvalue weighted by Crippen LogP contribution is 2.25. The van der Waals surface area contributed by atoms with E-state index in [9.17, 15) is 0 Å². The lowest BCUT2D eigenvalue weighted by Crippen LogP contribution is -2.43. The molecule has 0 amide bonds. The molecule has 3 heteroatoms. The van der Waals surface area contributed by atoms with Gasteiger partial charge in [0.2, 0.25) is 0 Å². The summed E-state index contributed by atoms with van der Waals surface area (Å²) in [5.41, 5.74) is 7.44. The Balaban J connectivity index is 1.78. The molecule has 18 heavy (non-hydrogen) atoms. The van der Waals surface area contributed by atoms with Gasteiger partial charge in [-0.2, -0.15) is 0 Å². The van der Waals surface area contributed by atoms with Gasteiger partial charge in [0.25, 0.3) is 0 Å². The lowest BCUT2D eigenvalue weighted by Gasteiger charge is -2.27. The third-order valence-corrected chi connectivity index (χ3v) is 3.92. The van der Waals surface area contributed by atoms with Crippen LogP contribution in [-0.2, 0) is 11.3 Å². The highest BCUT2D eigenvalue weighted by Gasteiger charge is 2.26. The van der Waals surface area contributed by atoms with Crippen LogP contribution in [0.25, 0.3) is 0 Å². The summed E-state index contributed by atoms with van der Waals surface area (Å²) >= 11 is 5.85. The fourth-order valence-electron chi connectivity index (χ4n) is 2.53. The number of benzene rings is 1. The summed E-state index contributed by atoms with van der Waals surface area (Å²) in [6, 6.07) is 7.78. The summed E-state index contributed by atoms with van der Waals surface area (Å²) in [6.45, 7) is 1.28. The van der Waals surface area contributed by atoms with Crippen molar-refractivity contribution >= 4 is 11.6 Å². The molecular weight excluding hydrogens is 246 g/mol. The van der Waals surface area contributed by atoms with Crippen molar-refractivity contribution in [3.8, 4) is 0 Å². The molecule has 0 aliphatic heterocycles. The smallest absolute Gasteiger partial charge is 0.0717 e. The highest BCUT2D eigenvalue weighted by atomic mass is 35.5. The molecule has 1 aliphatic rings. The molecule has 1 aromatic rings. The van der Waals surface area contributed by atoms with Gasteiger partial charge in [0.15, 0.2) is 0 Å².